The Balaban J connectivity index is 2.24. The van der Waals surface area contributed by atoms with Crippen LogP contribution in [-0.4, -0.2) is 37.4 Å². The summed E-state index contributed by atoms with van der Waals surface area (Å²) >= 11 is 0. The van der Waals surface area contributed by atoms with Crippen LogP contribution < -0.4 is 16.6 Å². The standard InChI is InChI=1S/C14H14N4O5/c1-6-16-8-4-2-3-7(15)10(8)12(20)18(6)9-5-14(22,23)13(21)17-11(9)19/h2-4,9,22-23H,5,15H2,1H3,(H,17,19,21). The Morgan fingerprint density at radius 2 is 2.04 bits per heavy atom. The van der Waals surface area contributed by atoms with E-state index < -0.39 is 35.6 Å². The zero-order valence-electron chi connectivity index (χ0n) is 12.1. The van der Waals surface area contributed by atoms with Gasteiger partial charge in [-0.05, 0) is 19.1 Å². The molecule has 0 saturated carbocycles. The highest BCUT2D eigenvalue weighted by atomic mass is 16.5. The van der Waals surface area contributed by atoms with Gasteiger partial charge in [-0.1, -0.05) is 6.07 Å². The number of fused-ring (bicyclic) bond motifs is 1. The van der Waals surface area contributed by atoms with Crippen LogP contribution in [0.1, 0.15) is 18.3 Å². The van der Waals surface area contributed by atoms with Gasteiger partial charge in [-0.25, -0.2) is 4.98 Å². The first-order chi connectivity index (χ1) is 10.7. The number of carbonyl (C=O) groups is 2. The minimum atomic E-state index is -2.75. The van der Waals surface area contributed by atoms with Crippen molar-refractivity contribution in [2.75, 3.05) is 5.73 Å². The van der Waals surface area contributed by atoms with E-state index in [1.165, 1.54) is 13.0 Å². The predicted molar refractivity (Wildman–Crippen MR) is 79.1 cm³/mol. The number of hydrogen-bond donors (Lipinski definition) is 4. The summed E-state index contributed by atoms with van der Waals surface area (Å²) in [6.45, 7) is 1.50. The molecule has 2 aromatic rings. The monoisotopic (exact) mass is 318 g/mol. The van der Waals surface area contributed by atoms with Gasteiger partial charge in [0.15, 0.2) is 0 Å². The van der Waals surface area contributed by atoms with Gasteiger partial charge in [0.25, 0.3) is 11.5 Å². The van der Waals surface area contributed by atoms with E-state index in [1.54, 1.807) is 12.1 Å². The second-order valence-electron chi connectivity index (χ2n) is 5.43. The molecule has 1 atom stereocenters. The number of nitrogens with zero attached hydrogens (tertiary/aromatic N) is 2. The van der Waals surface area contributed by atoms with E-state index in [0.29, 0.717) is 5.52 Å². The molecule has 1 aromatic carbocycles. The first-order valence-electron chi connectivity index (χ1n) is 6.80. The summed E-state index contributed by atoms with van der Waals surface area (Å²) in [5.41, 5.74) is 5.79. The Bertz CT molecular complexity index is 902. The summed E-state index contributed by atoms with van der Waals surface area (Å²) in [6, 6.07) is 3.49. The summed E-state index contributed by atoms with van der Waals surface area (Å²) in [5.74, 6) is -4.59. The van der Waals surface area contributed by atoms with Crippen molar-refractivity contribution in [1.29, 1.82) is 0 Å². The maximum absolute atomic E-state index is 12.7. The van der Waals surface area contributed by atoms with Crippen molar-refractivity contribution in [1.82, 2.24) is 14.9 Å². The SMILES string of the molecule is Cc1nc2cccc(N)c2c(=O)n1C1CC(O)(O)C(=O)NC1=O. The average Bonchev–Trinajstić information content (AvgIpc) is 2.44. The van der Waals surface area contributed by atoms with E-state index in [4.69, 9.17) is 5.73 Å². The van der Waals surface area contributed by atoms with Crippen molar-refractivity contribution >= 4 is 28.4 Å². The molecule has 0 spiro atoms. The van der Waals surface area contributed by atoms with Crippen molar-refractivity contribution in [3.8, 4) is 0 Å². The molecule has 2 heterocycles. The average molecular weight is 318 g/mol. The van der Waals surface area contributed by atoms with Gasteiger partial charge in [0.05, 0.1) is 10.9 Å². The molecule has 1 aliphatic rings. The number of aryl methyl sites for hydroxylation is 1. The number of rotatable bonds is 1. The summed E-state index contributed by atoms with van der Waals surface area (Å²) in [6.07, 6.45) is -0.654. The number of anilines is 1. The van der Waals surface area contributed by atoms with E-state index in [2.05, 4.69) is 4.98 Å². The highest BCUT2D eigenvalue weighted by Crippen LogP contribution is 2.25. The molecule has 0 radical (unpaired) electrons. The fourth-order valence-corrected chi connectivity index (χ4v) is 2.71. The molecule has 1 saturated heterocycles. The summed E-state index contributed by atoms with van der Waals surface area (Å²) in [5, 5.41) is 21.3. The summed E-state index contributed by atoms with van der Waals surface area (Å²) in [4.78, 5) is 40.4. The third-order valence-electron chi connectivity index (χ3n) is 3.83. The van der Waals surface area contributed by atoms with Gasteiger partial charge in [0.2, 0.25) is 11.7 Å². The molecule has 9 nitrogen and oxygen atoms in total. The number of nitrogens with two attached hydrogens (primary N) is 1. The lowest BCUT2D eigenvalue weighted by Crippen LogP contribution is -2.58. The number of aromatic nitrogens is 2. The number of amides is 2. The maximum Gasteiger partial charge on any atom is 0.286 e. The van der Waals surface area contributed by atoms with Crippen LogP contribution in [0.25, 0.3) is 10.9 Å². The quantitative estimate of drug-likeness (QED) is 0.286. The molecule has 3 rings (SSSR count). The smallest absolute Gasteiger partial charge is 0.286 e. The molecule has 1 unspecified atom stereocenters. The largest absolute Gasteiger partial charge is 0.398 e. The van der Waals surface area contributed by atoms with E-state index in [0.717, 1.165) is 4.57 Å². The fraction of sp³-hybridized carbons (Fsp3) is 0.286. The minimum Gasteiger partial charge on any atom is -0.398 e. The van der Waals surface area contributed by atoms with E-state index in [-0.39, 0.29) is 16.9 Å². The number of nitrogens with one attached hydrogen (secondary N) is 1. The first kappa shape index (κ1) is 15.1. The number of aliphatic hydroxyl groups is 2. The molecular formula is C14H14N4O5. The Morgan fingerprint density at radius 3 is 2.74 bits per heavy atom. The van der Waals surface area contributed by atoms with Gasteiger partial charge in [-0.2, -0.15) is 0 Å². The van der Waals surface area contributed by atoms with Crippen molar-refractivity contribution in [2.45, 2.75) is 25.2 Å². The van der Waals surface area contributed by atoms with Crippen molar-refractivity contribution in [3.63, 3.8) is 0 Å². The van der Waals surface area contributed by atoms with Crippen LogP contribution in [-0.2, 0) is 9.59 Å². The Kier molecular flexibility index (Phi) is 3.20. The van der Waals surface area contributed by atoms with E-state index in [1.807, 2.05) is 5.32 Å². The third-order valence-corrected chi connectivity index (χ3v) is 3.83. The molecule has 120 valence electrons. The highest BCUT2D eigenvalue weighted by molar-refractivity contribution is 6.03. The molecule has 23 heavy (non-hydrogen) atoms. The zero-order valence-corrected chi connectivity index (χ0v) is 12.1. The second kappa shape index (κ2) is 4.86. The summed E-state index contributed by atoms with van der Waals surface area (Å²) in [7, 11) is 0. The molecular weight excluding hydrogens is 304 g/mol. The van der Waals surface area contributed by atoms with Crippen molar-refractivity contribution in [3.05, 3.63) is 34.4 Å². The molecule has 0 bridgehead atoms. The van der Waals surface area contributed by atoms with Crippen molar-refractivity contribution < 1.29 is 19.8 Å². The molecule has 1 fully saturated rings. The molecule has 0 aliphatic carbocycles. The van der Waals surface area contributed by atoms with Gasteiger partial charge in [-0.15, -0.1) is 0 Å². The lowest BCUT2D eigenvalue weighted by Gasteiger charge is -2.32. The van der Waals surface area contributed by atoms with Gasteiger partial charge >= 0.3 is 0 Å². The van der Waals surface area contributed by atoms with Crippen LogP contribution in [0.5, 0.6) is 0 Å². The Hall–Kier alpha value is -2.78. The van der Waals surface area contributed by atoms with Crippen LogP contribution in [0, 0.1) is 6.92 Å². The van der Waals surface area contributed by atoms with E-state index in [9.17, 15) is 24.6 Å². The molecule has 5 N–H and O–H groups in total. The second-order valence-corrected chi connectivity index (χ2v) is 5.43. The number of hydrogen-bond acceptors (Lipinski definition) is 7. The Labute approximate surface area is 129 Å². The lowest BCUT2D eigenvalue weighted by molar-refractivity contribution is -0.198. The van der Waals surface area contributed by atoms with Crippen LogP contribution in [0.4, 0.5) is 5.69 Å². The molecule has 9 heteroatoms. The minimum absolute atomic E-state index is 0.129. The van der Waals surface area contributed by atoms with Gasteiger partial charge in [-0.3, -0.25) is 24.3 Å². The number of nitrogen functional groups attached to an aromatic ring is 1. The lowest BCUT2D eigenvalue weighted by atomic mass is 9.99. The number of carbonyl (C=O) groups excluding carboxylic acids is 2. The number of benzene rings is 1. The van der Waals surface area contributed by atoms with Crippen molar-refractivity contribution in [2.24, 2.45) is 0 Å². The predicted octanol–water partition coefficient (Wildman–Crippen LogP) is -1.44. The fourth-order valence-electron chi connectivity index (χ4n) is 2.71. The van der Waals surface area contributed by atoms with Gasteiger partial charge < -0.3 is 15.9 Å². The molecule has 1 aromatic heterocycles. The van der Waals surface area contributed by atoms with Gasteiger partial charge in [0.1, 0.15) is 11.9 Å². The Morgan fingerprint density at radius 1 is 1.35 bits per heavy atom. The maximum atomic E-state index is 12.7. The van der Waals surface area contributed by atoms with Crippen LogP contribution in [0.3, 0.4) is 0 Å². The first-order valence-corrected chi connectivity index (χ1v) is 6.80. The number of imide groups is 1. The summed E-state index contributed by atoms with van der Waals surface area (Å²) < 4.78 is 1.02. The topological polar surface area (TPSA) is 148 Å². The molecule has 2 amide bonds. The normalized spacial score (nSPS) is 20.6. The van der Waals surface area contributed by atoms with Crippen LogP contribution in [0.2, 0.25) is 0 Å². The third kappa shape index (κ3) is 2.26. The zero-order chi connectivity index (χ0) is 16.9. The number of piperidine rings is 1. The molecule has 1 aliphatic heterocycles. The van der Waals surface area contributed by atoms with Crippen LogP contribution in [0.15, 0.2) is 23.0 Å². The van der Waals surface area contributed by atoms with E-state index >= 15 is 0 Å². The van der Waals surface area contributed by atoms with Gasteiger partial charge in [0, 0.05) is 12.1 Å². The highest BCUT2D eigenvalue weighted by Gasteiger charge is 2.46. The van der Waals surface area contributed by atoms with Crippen LogP contribution >= 0.6 is 0 Å².